The maximum Gasteiger partial charge on any atom is 0.328 e. The smallest absolute Gasteiger partial charge is 0.328 e. The molecule has 0 aliphatic rings. The summed E-state index contributed by atoms with van der Waals surface area (Å²) in [5, 5.41) is 17.8. The van der Waals surface area contributed by atoms with Gasteiger partial charge < -0.3 is 15.1 Å². The first-order valence-corrected chi connectivity index (χ1v) is 6.09. The number of likely N-dealkylation sites (N-methyl/N-ethyl adjacent to an activating group) is 1. The van der Waals surface area contributed by atoms with E-state index >= 15 is 0 Å². The van der Waals surface area contributed by atoms with Crippen LogP contribution in [0.3, 0.4) is 0 Å². The number of amides is 1. The Morgan fingerprint density at radius 2 is 2.00 bits per heavy atom. The molecule has 0 saturated heterocycles. The zero-order valence-corrected chi connectivity index (χ0v) is 11.4. The minimum absolute atomic E-state index is 0.0850. The first-order valence-electron chi connectivity index (χ1n) is 5.30. The van der Waals surface area contributed by atoms with Gasteiger partial charge in [0, 0.05) is 11.5 Å². The number of aliphatic hydroxyl groups excluding tert-OH is 1. The van der Waals surface area contributed by atoms with Crippen molar-refractivity contribution in [3.63, 3.8) is 0 Å². The number of halogens is 1. The Morgan fingerprint density at radius 3 is 2.50 bits per heavy atom. The molecule has 1 aromatic carbocycles. The van der Waals surface area contributed by atoms with E-state index in [1.54, 1.807) is 12.1 Å². The van der Waals surface area contributed by atoms with Crippen LogP contribution in [0.5, 0.6) is 0 Å². The molecule has 5 nitrogen and oxygen atoms in total. The fourth-order valence-electron chi connectivity index (χ4n) is 1.47. The second-order valence-electron chi connectivity index (χ2n) is 3.81. The molecule has 6 heteroatoms. The summed E-state index contributed by atoms with van der Waals surface area (Å²) in [7, 11) is 1.37. The highest BCUT2D eigenvalue weighted by atomic mass is 79.9. The Morgan fingerprint density at radius 1 is 1.39 bits per heavy atom. The Balaban J connectivity index is 2.77. The fourth-order valence-corrected chi connectivity index (χ4v) is 1.89. The molecule has 0 saturated carbocycles. The van der Waals surface area contributed by atoms with Crippen LogP contribution in [-0.4, -0.2) is 46.7 Å². The molecule has 1 unspecified atom stereocenters. The Hall–Kier alpha value is -1.40. The topological polar surface area (TPSA) is 77.8 Å². The molecule has 1 amide bonds. The first-order chi connectivity index (χ1) is 8.47. The predicted molar refractivity (Wildman–Crippen MR) is 69.1 cm³/mol. The summed E-state index contributed by atoms with van der Waals surface area (Å²) in [4.78, 5) is 23.8. The molecule has 0 radical (unpaired) electrons. The second-order valence-corrected chi connectivity index (χ2v) is 4.66. The molecule has 1 rings (SSSR count). The van der Waals surface area contributed by atoms with Crippen LogP contribution in [0, 0.1) is 0 Å². The van der Waals surface area contributed by atoms with Crippen molar-refractivity contribution in [3.05, 3.63) is 34.3 Å². The molecule has 18 heavy (non-hydrogen) atoms. The van der Waals surface area contributed by atoms with Crippen molar-refractivity contribution < 1.29 is 19.8 Å². The molecular formula is C12H14BrNO4. The molecule has 0 fully saturated rings. The molecule has 0 aromatic heterocycles. The van der Waals surface area contributed by atoms with Crippen LogP contribution < -0.4 is 0 Å². The largest absolute Gasteiger partial charge is 0.480 e. The van der Waals surface area contributed by atoms with Gasteiger partial charge in [0.2, 0.25) is 5.91 Å². The van der Waals surface area contributed by atoms with E-state index in [4.69, 9.17) is 10.2 Å². The summed E-state index contributed by atoms with van der Waals surface area (Å²) in [5.41, 5.74) is 0.774. The lowest BCUT2D eigenvalue weighted by Gasteiger charge is -2.23. The van der Waals surface area contributed by atoms with Gasteiger partial charge in [-0.1, -0.05) is 34.1 Å². The molecule has 98 valence electrons. The van der Waals surface area contributed by atoms with Crippen LogP contribution in [0.4, 0.5) is 0 Å². The summed E-state index contributed by atoms with van der Waals surface area (Å²) < 4.78 is 0.794. The van der Waals surface area contributed by atoms with E-state index in [-0.39, 0.29) is 12.3 Å². The standard InChI is InChI=1S/C12H14BrNO4/c1-14(10(7-15)12(17)18)11(16)6-8-4-2-3-5-9(8)13/h2-5,10,15H,6-7H2,1H3,(H,17,18). The van der Waals surface area contributed by atoms with E-state index in [0.717, 1.165) is 14.9 Å². The Kier molecular flexibility index (Phi) is 5.30. The molecule has 0 heterocycles. The van der Waals surface area contributed by atoms with Crippen LogP contribution in [0.2, 0.25) is 0 Å². The normalized spacial score (nSPS) is 11.9. The monoisotopic (exact) mass is 315 g/mol. The number of carboxylic acid groups (broad SMARTS) is 1. The number of carbonyl (C=O) groups is 2. The van der Waals surface area contributed by atoms with Gasteiger partial charge in [0.05, 0.1) is 13.0 Å². The van der Waals surface area contributed by atoms with Gasteiger partial charge in [-0.05, 0) is 11.6 Å². The van der Waals surface area contributed by atoms with Crippen molar-refractivity contribution in [2.45, 2.75) is 12.5 Å². The molecule has 1 atom stereocenters. The van der Waals surface area contributed by atoms with Crippen LogP contribution in [-0.2, 0) is 16.0 Å². The van der Waals surface area contributed by atoms with Crippen LogP contribution in [0.1, 0.15) is 5.56 Å². The van der Waals surface area contributed by atoms with E-state index < -0.39 is 18.6 Å². The third-order valence-electron chi connectivity index (χ3n) is 2.62. The number of carboxylic acids is 1. The van der Waals surface area contributed by atoms with Gasteiger partial charge in [-0.2, -0.15) is 0 Å². The van der Waals surface area contributed by atoms with Gasteiger partial charge in [0.1, 0.15) is 0 Å². The molecule has 0 aliphatic carbocycles. The highest BCUT2D eigenvalue weighted by Crippen LogP contribution is 2.17. The van der Waals surface area contributed by atoms with E-state index in [1.165, 1.54) is 7.05 Å². The maximum atomic E-state index is 11.9. The SMILES string of the molecule is CN(C(=O)Cc1ccccc1Br)C(CO)C(=O)O. The highest BCUT2D eigenvalue weighted by Gasteiger charge is 2.25. The van der Waals surface area contributed by atoms with Gasteiger partial charge in [0.25, 0.3) is 0 Å². The number of carbonyl (C=O) groups excluding carboxylic acids is 1. The molecule has 0 bridgehead atoms. The summed E-state index contributed by atoms with van der Waals surface area (Å²) in [6.45, 7) is -0.604. The van der Waals surface area contributed by atoms with Crippen LogP contribution >= 0.6 is 15.9 Å². The lowest BCUT2D eigenvalue weighted by Crippen LogP contribution is -2.45. The van der Waals surface area contributed by atoms with Crippen molar-refractivity contribution >= 4 is 27.8 Å². The Bertz CT molecular complexity index is 449. The van der Waals surface area contributed by atoms with E-state index in [2.05, 4.69) is 15.9 Å². The van der Waals surface area contributed by atoms with Crippen LogP contribution in [0.15, 0.2) is 28.7 Å². The van der Waals surface area contributed by atoms with E-state index in [1.807, 2.05) is 12.1 Å². The quantitative estimate of drug-likeness (QED) is 0.846. The number of aliphatic hydroxyl groups is 1. The summed E-state index contributed by atoms with van der Waals surface area (Å²) >= 11 is 3.32. The number of rotatable bonds is 5. The lowest BCUT2D eigenvalue weighted by molar-refractivity contribution is -0.150. The summed E-state index contributed by atoms with van der Waals surface area (Å²) in [5.74, 6) is -1.58. The maximum absolute atomic E-state index is 11.9. The first kappa shape index (κ1) is 14.7. The van der Waals surface area contributed by atoms with Crippen LogP contribution in [0.25, 0.3) is 0 Å². The average Bonchev–Trinajstić information content (AvgIpc) is 2.32. The minimum atomic E-state index is -1.22. The third-order valence-corrected chi connectivity index (χ3v) is 3.39. The third kappa shape index (κ3) is 3.54. The number of aliphatic carboxylic acids is 1. The van der Waals surface area contributed by atoms with Gasteiger partial charge in [-0.25, -0.2) is 4.79 Å². The number of hydrogen-bond donors (Lipinski definition) is 2. The molecular weight excluding hydrogens is 302 g/mol. The van der Waals surface area contributed by atoms with E-state index in [0.29, 0.717) is 0 Å². The number of benzene rings is 1. The minimum Gasteiger partial charge on any atom is -0.480 e. The molecule has 0 aliphatic heterocycles. The predicted octanol–water partition coefficient (Wildman–Crippen LogP) is 0.895. The van der Waals surface area contributed by atoms with Gasteiger partial charge in [0.15, 0.2) is 6.04 Å². The fraction of sp³-hybridized carbons (Fsp3) is 0.333. The number of nitrogens with zero attached hydrogens (tertiary/aromatic N) is 1. The van der Waals surface area contributed by atoms with Crippen molar-refractivity contribution in [1.82, 2.24) is 4.90 Å². The number of hydrogen-bond acceptors (Lipinski definition) is 3. The second kappa shape index (κ2) is 6.51. The summed E-state index contributed by atoms with van der Waals surface area (Å²) in [6, 6.07) is 6.01. The zero-order chi connectivity index (χ0) is 13.7. The lowest BCUT2D eigenvalue weighted by atomic mass is 10.1. The summed E-state index contributed by atoms with van der Waals surface area (Å²) in [6.07, 6.45) is 0.0850. The molecule has 0 spiro atoms. The van der Waals surface area contributed by atoms with Crippen molar-refractivity contribution in [1.29, 1.82) is 0 Å². The molecule has 1 aromatic rings. The Labute approximate surface area is 113 Å². The van der Waals surface area contributed by atoms with Gasteiger partial charge >= 0.3 is 5.97 Å². The van der Waals surface area contributed by atoms with Crippen molar-refractivity contribution in [3.8, 4) is 0 Å². The van der Waals surface area contributed by atoms with Gasteiger partial charge in [-0.3, -0.25) is 4.79 Å². The average molecular weight is 316 g/mol. The zero-order valence-electron chi connectivity index (χ0n) is 9.84. The highest BCUT2D eigenvalue weighted by molar-refractivity contribution is 9.10. The molecule has 2 N–H and O–H groups in total. The van der Waals surface area contributed by atoms with Gasteiger partial charge in [-0.15, -0.1) is 0 Å². The van der Waals surface area contributed by atoms with E-state index in [9.17, 15) is 9.59 Å². The van der Waals surface area contributed by atoms with Crippen molar-refractivity contribution in [2.75, 3.05) is 13.7 Å². The van der Waals surface area contributed by atoms with Crippen molar-refractivity contribution in [2.24, 2.45) is 0 Å².